The lowest BCUT2D eigenvalue weighted by molar-refractivity contribution is 0.441. The fraction of sp³-hybridized carbons (Fsp3) is 0.333. The van der Waals surface area contributed by atoms with Crippen LogP contribution in [0.2, 0.25) is 0 Å². The molecule has 1 atom stereocenters. The van der Waals surface area contributed by atoms with Crippen molar-refractivity contribution in [3.8, 4) is 5.75 Å². The van der Waals surface area contributed by atoms with E-state index in [1.165, 1.54) is 9.75 Å². The number of aromatic hydroxyl groups is 1. The third-order valence-electron chi connectivity index (χ3n) is 3.09. The first-order valence-electron chi connectivity index (χ1n) is 6.37. The average molecular weight is 340 g/mol. The van der Waals surface area contributed by atoms with Crippen LogP contribution in [0.15, 0.2) is 34.8 Å². The summed E-state index contributed by atoms with van der Waals surface area (Å²) in [7, 11) is 0. The fourth-order valence-corrected chi connectivity index (χ4v) is 3.30. The van der Waals surface area contributed by atoms with Crippen LogP contribution < -0.4 is 5.32 Å². The Bertz CT molecular complexity index is 553. The largest absolute Gasteiger partial charge is 0.508 e. The summed E-state index contributed by atoms with van der Waals surface area (Å²) in [5.41, 5.74) is 0.949. The van der Waals surface area contributed by atoms with E-state index in [2.05, 4.69) is 47.2 Å². The zero-order valence-corrected chi connectivity index (χ0v) is 13.5. The lowest BCUT2D eigenvalue weighted by Crippen LogP contribution is -2.19. The second kappa shape index (κ2) is 6.55. The minimum Gasteiger partial charge on any atom is -0.508 e. The second-order valence-electron chi connectivity index (χ2n) is 4.56. The van der Waals surface area contributed by atoms with Crippen LogP contribution in [0.3, 0.4) is 0 Å². The maximum atomic E-state index is 9.98. The zero-order valence-electron chi connectivity index (χ0n) is 11.1. The van der Waals surface area contributed by atoms with E-state index in [9.17, 15) is 5.11 Å². The van der Waals surface area contributed by atoms with Crippen LogP contribution >= 0.6 is 27.3 Å². The standard InChI is InChI=1S/C15H18BrNOS/c1-3-14(13-8-11(16)5-7-15(13)18)17-9-12-6-4-10(2)19-12/h4-8,14,17-18H,3,9H2,1-2H3. The van der Waals surface area contributed by atoms with Gasteiger partial charge in [-0.3, -0.25) is 0 Å². The Morgan fingerprint density at radius 3 is 2.74 bits per heavy atom. The van der Waals surface area contributed by atoms with Gasteiger partial charge >= 0.3 is 0 Å². The average Bonchev–Trinajstić information content (AvgIpc) is 2.80. The Balaban J connectivity index is 2.09. The van der Waals surface area contributed by atoms with Gasteiger partial charge in [-0.25, -0.2) is 0 Å². The first-order chi connectivity index (χ1) is 9.10. The molecule has 0 aliphatic rings. The number of thiophene rings is 1. The normalized spacial score (nSPS) is 12.6. The smallest absolute Gasteiger partial charge is 0.120 e. The lowest BCUT2D eigenvalue weighted by atomic mass is 10.0. The summed E-state index contributed by atoms with van der Waals surface area (Å²) in [4.78, 5) is 2.65. The molecule has 1 heterocycles. The summed E-state index contributed by atoms with van der Waals surface area (Å²) < 4.78 is 0.993. The molecule has 102 valence electrons. The van der Waals surface area contributed by atoms with Crippen LogP contribution in [0, 0.1) is 6.92 Å². The molecule has 4 heteroatoms. The van der Waals surface area contributed by atoms with Gasteiger partial charge in [-0.2, -0.15) is 0 Å². The van der Waals surface area contributed by atoms with Crippen LogP contribution in [-0.4, -0.2) is 5.11 Å². The number of nitrogens with one attached hydrogen (secondary N) is 1. The molecule has 0 aliphatic heterocycles. The number of phenols is 1. The summed E-state index contributed by atoms with van der Waals surface area (Å²) in [5, 5.41) is 13.5. The predicted octanol–water partition coefficient (Wildman–Crippen LogP) is 4.77. The number of aryl methyl sites for hydroxylation is 1. The summed E-state index contributed by atoms with van der Waals surface area (Å²) in [6.45, 7) is 5.08. The van der Waals surface area contributed by atoms with Crippen molar-refractivity contribution < 1.29 is 5.11 Å². The maximum absolute atomic E-state index is 9.98. The van der Waals surface area contributed by atoms with Gasteiger partial charge in [0.2, 0.25) is 0 Å². The Labute approximate surface area is 126 Å². The van der Waals surface area contributed by atoms with Crippen molar-refractivity contribution in [1.29, 1.82) is 0 Å². The maximum Gasteiger partial charge on any atom is 0.120 e. The van der Waals surface area contributed by atoms with E-state index >= 15 is 0 Å². The zero-order chi connectivity index (χ0) is 13.8. The van der Waals surface area contributed by atoms with Gasteiger partial charge in [0.25, 0.3) is 0 Å². The van der Waals surface area contributed by atoms with Crippen molar-refractivity contribution in [2.24, 2.45) is 0 Å². The minimum absolute atomic E-state index is 0.167. The molecule has 1 aromatic carbocycles. The molecule has 0 fully saturated rings. The number of phenolic OH excluding ortho intramolecular Hbond substituents is 1. The monoisotopic (exact) mass is 339 g/mol. The number of rotatable bonds is 5. The van der Waals surface area contributed by atoms with Gasteiger partial charge < -0.3 is 10.4 Å². The van der Waals surface area contributed by atoms with E-state index in [4.69, 9.17) is 0 Å². The van der Waals surface area contributed by atoms with Crippen LogP contribution in [0.5, 0.6) is 5.75 Å². The van der Waals surface area contributed by atoms with Crippen molar-refractivity contribution >= 4 is 27.3 Å². The second-order valence-corrected chi connectivity index (χ2v) is 6.85. The number of halogens is 1. The highest BCUT2D eigenvalue weighted by molar-refractivity contribution is 9.10. The van der Waals surface area contributed by atoms with E-state index in [0.717, 1.165) is 23.0 Å². The molecule has 19 heavy (non-hydrogen) atoms. The molecular formula is C15H18BrNOS. The van der Waals surface area contributed by atoms with Crippen molar-refractivity contribution in [2.45, 2.75) is 32.9 Å². The van der Waals surface area contributed by atoms with E-state index in [0.29, 0.717) is 5.75 Å². The van der Waals surface area contributed by atoms with Crippen molar-refractivity contribution in [3.05, 3.63) is 50.1 Å². The summed E-state index contributed by atoms with van der Waals surface area (Å²) >= 11 is 5.26. The molecule has 0 spiro atoms. The third kappa shape index (κ3) is 3.81. The Kier molecular flexibility index (Phi) is 5.02. The third-order valence-corrected chi connectivity index (χ3v) is 4.59. The van der Waals surface area contributed by atoms with Gasteiger partial charge in [0.1, 0.15) is 5.75 Å². The highest BCUT2D eigenvalue weighted by atomic mass is 79.9. The molecule has 1 unspecified atom stereocenters. The minimum atomic E-state index is 0.167. The fourth-order valence-electron chi connectivity index (χ4n) is 2.08. The van der Waals surface area contributed by atoms with E-state index < -0.39 is 0 Å². The lowest BCUT2D eigenvalue weighted by Gasteiger charge is -2.18. The number of hydrogen-bond acceptors (Lipinski definition) is 3. The summed E-state index contributed by atoms with van der Waals surface area (Å²) in [6, 6.07) is 10.0. The molecule has 0 radical (unpaired) electrons. The van der Waals surface area contributed by atoms with Crippen LogP contribution in [-0.2, 0) is 6.54 Å². The molecule has 0 aliphatic carbocycles. The topological polar surface area (TPSA) is 32.3 Å². The quantitative estimate of drug-likeness (QED) is 0.822. The molecular weight excluding hydrogens is 322 g/mol. The molecule has 1 aromatic heterocycles. The molecule has 0 saturated carbocycles. The Morgan fingerprint density at radius 1 is 1.32 bits per heavy atom. The summed E-state index contributed by atoms with van der Waals surface area (Å²) in [6.07, 6.45) is 0.939. The molecule has 0 amide bonds. The SMILES string of the molecule is CCC(NCc1ccc(C)s1)c1cc(Br)ccc1O. The van der Waals surface area contributed by atoms with Crippen LogP contribution in [0.25, 0.3) is 0 Å². The summed E-state index contributed by atoms with van der Waals surface area (Å²) in [5.74, 6) is 0.352. The molecule has 2 N–H and O–H groups in total. The van der Waals surface area contributed by atoms with Gasteiger partial charge in [-0.1, -0.05) is 22.9 Å². The molecule has 2 aromatic rings. The van der Waals surface area contributed by atoms with E-state index in [1.54, 1.807) is 6.07 Å². The van der Waals surface area contributed by atoms with Crippen molar-refractivity contribution in [3.63, 3.8) is 0 Å². The van der Waals surface area contributed by atoms with Crippen molar-refractivity contribution in [2.75, 3.05) is 0 Å². The first-order valence-corrected chi connectivity index (χ1v) is 7.98. The van der Waals surface area contributed by atoms with Gasteiger partial charge in [0.05, 0.1) is 0 Å². The molecule has 0 bridgehead atoms. The Hall–Kier alpha value is -0.840. The number of hydrogen-bond donors (Lipinski definition) is 2. The van der Waals surface area contributed by atoms with Crippen LogP contribution in [0.4, 0.5) is 0 Å². The number of benzene rings is 1. The van der Waals surface area contributed by atoms with Crippen LogP contribution in [0.1, 0.15) is 34.7 Å². The molecule has 2 rings (SSSR count). The van der Waals surface area contributed by atoms with Gasteiger partial charge in [-0.15, -0.1) is 11.3 Å². The highest BCUT2D eigenvalue weighted by Gasteiger charge is 2.13. The van der Waals surface area contributed by atoms with Gasteiger partial charge in [-0.05, 0) is 43.7 Å². The molecule has 0 saturated heterocycles. The van der Waals surface area contributed by atoms with E-state index in [1.807, 2.05) is 23.5 Å². The molecule has 2 nitrogen and oxygen atoms in total. The van der Waals surface area contributed by atoms with E-state index in [-0.39, 0.29) is 6.04 Å². The van der Waals surface area contributed by atoms with Gasteiger partial charge in [0, 0.05) is 32.4 Å². The highest BCUT2D eigenvalue weighted by Crippen LogP contribution is 2.29. The van der Waals surface area contributed by atoms with Gasteiger partial charge in [0.15, 0.2) is 0 Å². The Morgan fingerprint density at radius 2 is 2.11 bits per heavy atom. The van der Waals surface area contributed by atoms with Crippen molar-refractivity contribution in [1.82, 2.24) is 5.32 Å². The first kappa shape index (κ1) is 14.6. The predicted molar refractivity (Wildman–Crippen MR) is 84.7 cm³/mol.